The summed E-state index contributed by atoms with van der Waals surface area (Å²) in [5.74, 6) is 1.92. The minimum absolute atomic E-state index is 0.930. The molecule has 2 aromatic carbocycles. The number of hydrogen-bond acceptors (Lipinski definition) is 1. The normalized spacial score (nSPS) is 11.3. The summed E-state index contributed by atoms with van der Waals surface area (Å²) >= 11 is 0. The quantitative estimate of drug-likeness (QED) is 0.0741. The Morgan fingerprint density at radius 3 is 1.09 bits per heavy atom. The van der Waals surface area contributed by atoms with Crippen LogP contribution in [0.2, 0.25) is 0 Å². The largest absolute Gasteiger partial charge is 0.457 e. The minimum Gasteiger partial charge on any atom is -0.457 e. The van der Waals surface area contributed by atoms with E-state index in [0.717, 1.165) is 11.5 Å². The average molecular weight is 619 g/mol. The van der Waals surface area contributed by atoms with Crippen LogP contribution in [0.1, 0.15) is 205 Å². The van der Waals surface area contributed by atoms with Crippen molar-refractivity contribution in [2.24, 2.45) is 0 Å². The molecular formula is C44H74O. The molecular weight excluding hydrogens is 544 g/mol. The highest BCUT2D eigenvalue weighted by molar-refractivity contribution is 5.38. The first kappa shape index (κ1) is 39.4. The third kappa shape index (κ3) is 22.4. The maximum atomic E-state index is 6.22. The summed E-state index contributed by atoms with van der Waals surface area (Å²) in [4.78, 5) is 0. The summed E-state index contributed by atoms with van der Waals surface area (Å²) in [6.45, 7) is 4.61. The Morgan fingerprint density at radius 2 is 0.689 bits per heavy atom. The number of unbranched alkanes of at least 4 members (excludes halogenated alkanes) is 26. The van der Waals surface area contributed by atoms with Crippen LogP contribution in [0.25, 0.3) is 0 Å². The zero-order valence-electron chi connectivity index (χ0n) is 30.2. The van der Waals surface area contributed by atoms with Crippen molar-refractivity contribution in [1.82, 2.24) is 0 Å². The first-order valence-electron chi connectivity index (χ1n) is 20.2. The second kappa shape index (κ2) is 29.6. The first-order valence-corrected chi connectivity index (χ1v) is 20.2. The Hall–Kier alpha value is -1.76. The zero-order valence-corrected chi connectivity index (χ0v) is 30.2. The number of benzene rings is 2. The van der Waals surface area contributed by atoms with Crippen molar-refractivity contribution in [2.45, 2.75) is 206 Å². The summed E-state index contributed by atoms with van der Waals surface area (Å²) in [5.41, 5.74) is 3.08. The van der Waals surface area contributed by atoms with Crippen LogP contribution in [0.3, 0.4) is 0 Å². The molecule has 0 amide bonds. The highest BCUT2D eigenvalue weighted by Gasteiger charge is 2.07. The van der Waals surface area contributed by atoms with Crippen LogP contribution in [0.15, 0.2) is 48.5 Å². The van der Waals surface area contributed by atoms with Crippen molar-refractivity contribution in [2.75, 3.05) is 0 Å². The van der Waals surface area contributed by atoms with E-state index in [1.807, 2.05) is 6.07 Å². The van der Waals surface area contributed by atoms with Gasteiger partial charge in [0.05, 0.1) is 0 Å². The molecule has 0 unspecified atom stereocenters. The van der Waals surface area contributed by atoms with Crippen molar-refractivity contribution in [1.29, 1.82) is 0 Å². The van der Waals surface area contributed by atoms with Gasteiger partial charge in [-0.3, -0.25) is 0 Å². The monoisotopic (exact) mass is 619 g/mol. The van der Waals surface area contributed by atoms with E-state index in [1.54, 1.807) is 5.56 Å². The lowest BCUT2D eigenvalue weighted by Gasteiger charge is -2.13. The molecule has 0 fully saturated rings. The van der Waals surface area contributed by atoms with Crippen molar-refractivity contribution in [3.05, 3.63) is 59.7 Å². The topological polar surface area (TPSA) is 9.23 Å². The van der Waals surface area contributed by atoms with E-state index in [4.69, 9.17) is 4.74 Å². The molecule has 0 saturated heterocycles. The van der Waals surface area contributed by atoms with Crippen LogP contribution >= 0.6 is 0 Å². The minimum atomic E-state index is 0.930. The molecule has 45 heavy (non-hydrogen) atoms. The molecule has 0 aliphatic rings. The molecule has 0 radical (unpaired) electrons. The Kier molecular flexibility index (Phi) is 26.0. The van der Waals surface area contributed by atoms with Crippen LogP contribution in [-0.2, 0) is 12.8 Å². The molecule has 0 aliphatic carbocycles. The van der Waals surface area contributed by atoms with E-state index in [1.165, 1.54) is 198 Å². The Labute approximate surface area is 281 Å². The Bertz CT molecular complexity index is 887. The molecule has 0 bridgehead atoms. The van der Waals surface area contributed by atoms with Gasteiger partial charge in [-0.1, -0.05) is 205 Å². The molecule has 1 nitrogen and oxygen atoms in total. The van der Waals surface area contributed by atoms with Gasteiger partial charge in [0.1, 0.15) is 11.5 Å². The van der Waals surface area contributed by atoms with Gasteiger partial charge in [0, 0.05) is 0 Å². The van der Waals surface area contributed by atoms with Crippen molar-refractivity contribution in [3.8, 4) is 11.5 Å². The molecule has 2 rings (SSSR count). The molecule has 0 aromatic heterocycles. The smallest absolute Gasteiger partial charge is 0.127 e. The second-order valence-corrected chi connectivity index (χ2v) is 14.0. The van der Waals surface area contributed by atoms with E-state index >= 15 is 0 Å². The summed E-state index contributed by atoms with van der Waals surface area (Å²) < 4.78 is 6.22. The van der Waals surface area contributed by atoms with Crippen molar-refractivity contribution < 1.29 is 4.74 Å². The molecule has 0 spiro atoms. The zero-order chi connectivity index (χ0) is 31.9. The summed E-state index contributed by atoms with van der Waals surface area (Å²) in [5, 5.41) is 0. The summed E-state index contributed by atoms with van der Waals surface area (Å²) in [6, 6.07) is 17.2. The van der Waals surface area contributed by atoms with Crippen LogP contribution in [0, 0.1) is 0 Å². The van der Waals surface area contributed by atoms with Gasteiger partial charge in [0.2, 0.25) is 0 Å². The van der Waals surface area contributed by atoms with Crippen LogP contribution < -0.4 is 4.74 Å². The molecule has 256 valence electrons. The van der Waals surface area contributed by atoms with Gasteiger partial charge in [-0.25, -0.2) is 0 Å². The van der Waals surface area contributed by atoms with Gasteiger partial charge in [0.15, 0.2) is 0 Å². The second-order valence-electron chi connectivity index (χ2n) is 14.0. The fourth-order valence-electron chi connectivity index (χ4n) is 6.79. The number of ether oxygens (including phenoxy) is 1. The van der Waals surface area contributed by atoms with Gasteiger partial charge in [0.25, 0.3) is 0 Å². The standard InChI is InChI=1S/C44H74O/c1-3-5-7-9-11-13-15-17-19-21-23-25-27-30-34-41-38-39-44(45-43-36-32-29-33-37-43)40-42(41)35-31-28-26-24-22-20-18-16-14-12-10-8-6-4-2/h29,32-33,36-40H,3-28,30-31,34-35H2,1-2H3. The fraction of sp³-hybridized carbons (Fsp3) is 0.727. The van der Waals surface area contributed by atoms with E-state index in [9.17, 15) is 0 Å². The number of rotatable bonds is 32. The fourth-order valence-corrected chi connectivity index (χ4v) is 6.79. The Morgan fingerprint density at radius 1 is 0.333 bits per heavy atom. The highest BCUT2D eigenvalue weighted by Crippen LogP contribution is 2.27. The predicted octanol–water partition coefficient (Wildman–Crippen LogP) is 15.5. The predicted molar refractivity (Wildman–Crippen MR) is 201 cm³/mol. The van der Waals surface area contributed by atoms with E-state index < -0.39 is 0 Å². The lowest BCUT2D eigenvalue weighted by molar-refractivity contribution is 0.481. The average Bonchev–Trinajstić information content (AvgIpc) is 3.06. The number of hydrogen-bond donors (Lipinski definition) is 0. The summed E-state index contributed by atoms with van der Waals surface area (Å²) in [6.07, 6.45) is 42.2. The molecule has 2 aromatic rings. The van der Waals surface area contributed by atoms with Crippen LogP contribution in [-0.4, -0.2) is 0 Å². The lowest BCUT2D eigenvalue weighted by Crippen LogP contribution is -1.97. The molecule has 0 N–H and O–H groups in total. The van der Waals surface area contributed by atoms with Gasteiger partial charge in [-0.15, -0.1) is 0 Å². The molecule has 0 atom stereocenters. The SMILES string of the molecule is CCCCCCCCCCCCCCCCc1ccc(Oc2ccccc2)cc1CCCCCCCCCCCCCCCC. The molecule has 0 saturated carbocycles. The number of para-hydroxylation sites is 1. The van der Waals surface area contributed by atoms with E-state index in [2.05, 4.69) is 56.3 Å². The van der Waals surface area contributed by atoms with Gasteiger partial charge in [-0.2, -0.15) is 0 Å². The number of aryl methyl sites for hydroxylation is 2. The first-order chi connectivity index (χ1) is 22.3. The molecule has 0 heterocycles. The lowest BCUT2D eigenvalue weighted by atomic mass is 9.96. The van der Waals surface area contributed by atoms with E-state index in [0.29, 0.717) is 0 Å². The highest BCUT2D eigenvalue weighted by atomic mass is 16.5. The molecule has 1 heteroatoms. The van der Waals surface area contributed by atoms with Crippen LogP contribution in [0.5, 0.6) is 11.5 Å². The van der Waals surface area contributed by atoms with Gasteiger partial charge in [-0.05, 0) is 61.1 Å². The van der Waals surface area contributed by atoms with Crippen LogP contribution in [0.4, 0.5) is 0 Å². The Balaban J connectivity index is 1.61. The molecule has 0 aliphatic heterocycles. The van der Waals surface area contributed by atoms with E-state index in [-0.39, 0.29) is 0 Å². The maximum absolute atomic E-state index is 6.22. The third-order valence-corrected chi connectivity index (χ3v) is 9.76. The van der Waals surface area contributed by atoms with Crippen molar-refractivity contribution >= 4 is 0 Å². The maximum Gasteiger partial charge on any atom is 0.127 e. The summed E-state index contributed by atoms with van der Waals surface area (Å²) in [7, 11) is 0. The van der Waals surface area contributed by atoms with Crippen molar-refractivity contribution in [3.63, 3.8) is 0 Å². The third-order valence-electron chi connectivity index (χ3n) is 9.76. The van der Waals surface area contributed by atoms with Gasteiger partial charge >= 0.3 is 0 Å². The van der Waals surface area contributed by atoms with Gasteiger partial charge < -0.3 is 4.74 Å².